The molecule has 0 aliphatic heterocycles. The second-order valence-corrected chi connectivity index (χ2v) is 7.07. The molecule has 0 amide bonds. The zero-order valence-corrected chi connectivity index (χ0v) is 15.6. The summed E-state index contributed by atoms with van der Waals surface area (Å²) in [6.45, 7) is 2.10. The first-order valence-electron chi connectivity index (χ1n) is 7.86. The highest BCUT2D eigenvalue weighted by atomic mass is 32.2. The number of benzene rings is 1. The summed E-state index contributed by atoms with van der Waals surface area (Å²) in [5.74, 6) is -0.595. The van der Waals surface area contributed by atoms with Crippen molar-refractivity contribution in [3.05, 3.63) is 53.7 Å². The van der Waals surface area contributed by atoms with Gasteiger partial charge in [0, 0.05) is 24.1 Å². The molecule has 1 aromatic carbocycles. The number of esters is 1. The molecule has 0 atom stereocenters. The molecule has 0 saturated carbocycles. The standard InChI is InChI=1S/C18H20N2O5S/c1-4-25-17(21)10-9-16(20-26(3,22)23)18-14(12-24-2)11-13-7-5-6-8-15(13)19-18/h5-11H,4,12H2,1-3H3/b10-9+,20-16+. The van der Waals surface area contributed by atoms with Crippen LogP contribution >= 0.6 is 0 Å². The molecular formula is C18H20N2O5S. The zero-order valence-electron chi connectivity index (χ0n) is 14.8. The second kappa shape index (κ2) is 8.68. The third-order valence-corrected chi connectivity index (χ3v) is 3.80. The van der Waals surface area contributed by atoms with Gasteiger partial charge in [-0.05, 0) is 25.1 Å². The van der Waals surface area contributed by atoms with Crippen LogP contribution in [0.5, 0.6) is 0 Å². The number of sulfonamides is 1. The summed E-state index contributed by atoms with van der Waals surface area (Å²) in [5, 5.41) is 0.886. The molecule has 1 heterocycles. The van der Waals surface area contributed by atoms with Crippen LogP contribution in [-0.2, 0) is 30.9 Å². The number of carbonyl (C=O) groups excluding carboxylic acids is 1. The predicted molar refractivity (Wildman–Crippen MR) is 99.6 cm³/mol. The van der Waals surface area contributed by atoms with Gasteiger partial charge in [-0.15, -0.1) is 0 Å². The highest BCUT2D eigenvalue weighted by molar-refractivity contribution is 7.89. The number of hydrogen-bond donors (Lipinski definition) is 0. The van der Waals surface area contributed by atoms with Crippen LogP contribution in [0.2, 0.25) is 0 Å². The van der Waals surface area contributed by atoms with Crippen molar-refractivity contribution >= 4 is 32.6 Å². The van der Waals surface area contributed by atoms with Gasteiger partial charge in [-0.1, -0.05) is 18.2 Å². The Morgan fingerprint density at radius 3 is 2.65 bits per heavy atom. The molecule has 2 aromatic rings. The van der Waals surface area contributed by atoms with Crippen molar-refractivity contribution in [3.63, 3.8) is 0 Å². The van der Waals surface area contributed by atoms with E-state index < -0.39 is 16.0 Å². The molecule has 0 N–H and O–H groups in total. The summed E-state index contributed by atoms with van der Waals surface area (Å²) in [6.07, 6.45) is 3.39. The molecule has 138 valence electrons. The van der Waals surface area contributed by atoms with Crippen LogP contribution < -0.4 is 0 Å². The van der Waals surface area contributed by atoms with E-state index in [0.717, 1.165) is 17.7 Å². The molecule has 26 heavy (non-hydrogen) atoms. The van der Waals surface area contributed by atoms with Gasteiger partial charge in [0.05, 0.1) is 30.7 Å². The summed E-state index contributed by atoms with van der Waals surface area (Å²) in [7, 11) is -2.18. The minimum Gasteiger partial charge on any atom is -0.463 e. The molecule has 0 aliphatic rings. The lowest BCUT2D eigenvalue weighted by molar-refractivity contribution is -0.137. The fourth-order valence-corrected chi connectivity index (χ4v) is 2.82. The van der Waals surface area contributed by atoms with Gasteiger partial charge in [-0.2, -0.15) is 4.40 Å². The summed E-state index contributed by atoms with van der Waals surface area (Å²) in [4.78, 5) is 16.1. The van der Waals surface area contributed by atoms with Gasteiger partial charge in [0.1, 0.15) is 5.71 Å². The number of hydrogen-bond acceptors (Lipinski definition) is 6. The van der Waals surface area contributed by atoms with Crippen LogP contribution in [0.15, 0.2) is 46.9 Å². The highest BCUT2D eigenvalue weighted by Crippen LogP contribution is 2.19. The number of nitrogens with zero attached hydrogens (tertiary/aromatic N) is 2. The number of carbonyl (C=O) groups is 1. The Kier molecular flexibility index (Phi) is 6.59. The first kappa shape index (κ1) is 19.7. The topological polar surface area (TPSA) is 94.9 Å². The van der Waals surface area contributed by atoms with Gasteiger partial charge in [-0.3, -0.25) is 0 Å². The van der Waals surface area contributed by atoms with E-state index >= 15 is 0 Å². The Balaban J connectivity index is 2.64. The Bertz CT molecular complexity index is 965. The van der Waals surface area contributed by atoms with Crippen molar-refractivity contribution in [1.82, 2.24) is 4.98 Å². The minimum absolute atomic E-state index is 0.0401. The van der Waals surface area contributed by atoms with Gasteiger partial charge in [0.25, 0.3) is 10.0 Å². The molecule has 0 spiro atoms. The Morgan fingerprint density at radius 2 is 2.00 bits per heavy atom. The lowest BCUT2D eigenvalue weighted by Gasteiger charge is -2.10. The van der Waals surface area contributed by atoms with Crippen LogP contribution in [0.3, 0.4) is 0 Å². The molecule has 7 nitrogen and oxygen atoms in total. The van der Waals surface area contributed by atoms with E-state index in [2.05, 4.69) is 9.38 Å². The number of fused-ring (bicyclic) bond motifs is 1. The van der Waals surface area contributed by atoms with Gasteiger partial charge in [0.15, 0.2) is 0 Å². The largest absolute Gasteiger partial charge is 0.463 e. The van der Waals surface area contributed by atoms with E-state index in [1.165, 1.54) is 13.2 Å². The molecule has 0 aliphatic carbocycles. The number of rotatable bonds is 7. The van der Waals surface area contributed by atoms with E-state index in [-0.39, 0.29) is 18.9 Å². The SMILES string of the molecule is CCOC(=O)/C=C/C(=N\S(C)(=O)=O)c1nc2ccccc2cc1COC. The Labute approximate surface area is 152 Å². The quantitative estimate of drug-likeness (QED) is 0.418. The van der Waals surface area contributed by atoms with Crippen molar-refractivity contribution in [1.29, 1.82) is 0 Å². The zero-order chi connectivity index (χ0) is 19.2. The first-order valence-corrected chi connectivity index (χ1v) is 9.71. The molecule has 0 fully saturated rings. The monoisotopic (exact) mass is 376 g/mol. The van der Waals surface area contributed by atoms with E-state index in [0.29, 0.717) is 16.8 Å². The predicted octanol–water partition coefficient (Wildman–Crippen LogP) is 2.25. The second-order valence-electron chi connectivity index (χ2n) is 5.42. The minimum atomic E-state index is -3.71. The van der Waals surface area contributed by atoms with Gasteiger partial charge >= 0.3 is 5.97 Å². The summed E-state index contributed by atoms with van der Waals surface area (Å²) < 4.78 is 37.2. The average Bonchev–Trinajstić information content (AvgIpc) is 2.57. The molecule has 8 heteroatoms. The van der Waals surface area contributed by atoms with E-state index in [1.54, 1.807) is 6.92 Å². The Hall–Kier alpha value is -2.58. The van der Waals surface area contributed by atoms with Crippen LogP contribution in [0.1, 0.15) is 18.2 Å². The van der Waals surface area contributed by atoms with Crippen molar-refractivity contribution in [2.75, 3.05) is 20.0 Å². The number of ether oxygens (including phenoxy) is 2. The maximum Gasteiger partial charge on any atom is 0.330 e. The van der Waals surface area contributed by atoms with Crippen LogP contribution in [0.4, 0.5) is 0 Å². The summed E-state index contributed by atoms with van der Waals surface area (Å²) in [5.41, 5.74) is 1.70. The normalized spacial score (nSPS) is 12.7. The highest BCUT2D eigenvalue weighted by Gasteiger charge is 2.14. The lowest BCUT2D eigenvalue weighted by Crippen LogP contribution is -2.11. The maximum atomic E-state index is 11.7. The molecule has 2 rings (SSSR count). The molecule has 0 radical (unpaired) electrons. The lowest BCUT2D eigenvalue weighted by atomic mass is 10.1. The van der Waals surface area contributed by atoms with Crippen LogP contribution in [0, 0.1) is 0 Å². The summed E-state index contributed by atoms with van der Waals surface area (Å²) in [6, 6.07) is 9.27. The van der Waals surface area contributed by atoms with Crippen LogP contribution in [0.25, 0.3) is 10.9 Å². The molecule has 0 bridgehead atoms. The average molecular weight is 376 g/mol. The molecular weight excluding hydrogens is 356 g/mol. The number of para-hydroxylation sites is 1. The van der Waals surface area contributed by atoms with Crippen LogP contribution in [-0.4, -0.2) is 45.1 Å². The van der Waals surface area contributed by atoms with Crippen molar-refractivity contribution in [2.24, 2.45) is 4.40 Å². The number of methoxy groups -OCH3 is 1. The van der Waals surface area contributed by atoms with Crippen molar-refractivity contribution in [3.8, 4) is 0 Å². The number of allylic oxidation sites excluding steroid dienone is 1. The summed E-state index contributed by atoms with van der Waals surface area (Å²) >= 11 is 0. The van der Waals surface area contributed by atoms with Gasteiger partial charge in [-0.25, -0.2) is 18.2 Å². The molecule has 1 aromatic heterocycles. The maximum absolute atomic E-state index is 11.7. The van der Waals surface area contributed by atoms with E-state index in [4.69, 9.17) is 9.47 Å². The fourth-order valence-electron chi connectivity index (χ4n) is 2.32. The first-order chi connectivity index (χ1) is 12.3. The van der Waals surface area contributed by atoms with Crippen molar-refractivity contribution in [2.45, 2.75) is 13.5 Å². The van der Waals surface area contributed by atoms with Gasteiger partial charge < -0.3 is 9.47 Å². The number of aromatic nitrogens is 1. The van der Waals surface area contributed by atoms with E-state index in [9.17, 15) is 13.2 Å². The third-order valence-electron chi connectivity index (χ3n) is 3.27. The van der Waals surface area contributed by atoms with Gasteiger partial charge in [0.2, 0.25) is 0 Å². The Morgan fingerprint density at radius 1 is 1.27 bits per heavy atom. The van der Waals surface area contributed by atoms with E-state index in [1.807, 2.05) is 30.3 Å². The number of pyridine rings is 1. The van der Waals surface area contributed by atoms with Crippen molar-refractivity contribution < 1.29 is 22.7 Å². The third kappa shape index (κ3) is 5.47. The fraction of sp³-hybridized carbons (Fsp3) is 0.278. The molecule has 0 unspecified atom stereocenters. The smallest absolute Gasteiger partial charge is 0.330 e. The molecule has 0 saturated heterocycles.